The number of thiazole rings is 1. The average Bonchev–Trinajstić information content (AvgIpc) is 2.77. The maximum atomic E-state index is 12.3. The molecular formula is C10H11F3N2O3S2. The van der Waals surface area contributed by atoms with Gasteiger partial charge in [0.05, 0.1) is 11.1 Å². The van der Waals surface area contributed by atoms with Gasteiger partial charge >= 0.3 is 15.6 Å². The number of aromatic nitrogens is 2. The van der Waals surface area contributed by atoms with Crippen molar-refractivity contribution in [2.24, 2.45) is 0 Å². The van der Waals surface area contributed by atoms with Crippen LogP contribution < -0.4 is 4.18 Å². The van der Waals surface area contributed by atoms with Gasteiger partial charge in [-0.1, -0.05) is 20.8 Å². The number of hydrogen-bond acceptors (Lipinski definition) is 5. The summed E-state index contributed by atoms with van der Waals surface area (Å²) in [5.74, 6) is -0.426. The number of halogens is 3. The van der Waals surface area contributed by atoms with Crippen molar-refractivity contribution in [2.75, 3.05) is 0 Å². The summed E-state index contributed by atoms with van der Waals surface area (Å²) in [5, 5.41) is 1.16. The van der Waals surface area contributed by atoms with Crippen molar-refractivity contribution < 1.29 is 25.8 Å². The zero-order valence-electron chi connectivity index (χ0n) is 10.7. The third kappa shape index (κ3) is 2.62. The van der Waals surface area contributed by atoms with Crippen LogP contribution in [0.5, 0.6) is 5.88 Å². The Bertz CT molecular complexity index is 738. The SMILES string of the molecule is CC(C)(C)c1cn2c(OS(=O)(=O)C(F)(F)F)csc2n1. The maximum Gasteiger partial charge on any atom is 0.534 e. The number of rotatable bonds is 2. The van der Waals surface area contributed by atoms with Crippen molar-refractivity contribution in [2.45, 2.75) is 31.7 Å². The molecule has 0 N–H and O–H groups in total. The molecule has 0 radical (unpaired) electrons. The van der Waals surface area contributed by atoms with Crippen LogP contribution in [0, 0.1) is 0 Å². The summed E-state index contributed by atoms with van der Waals surface area (Å²) in [6, 6.07) is 0. The van der Waals surface area contributed by atoms with Crippen molar-refractivity contribution in [3.63, 3.8) is 0 Å². The molecule has 0 aliphatic heterocycles. The van der Waals surface area contributed by atoms with Crippen molar-refractivity contribution in [1.29, 1.82) is 0 Å². The molecule has 2 aromatic heterocycles. The van der Waals surface area contributed by atoms with E-state index in [0.29, 0.717) is 10.7 Å². The fourth-order valence-corrected chi connectivity index (χ4v) is 2.63. The first-order valence-electron chi connectivity index (χ1n) is 5.39. The zero-order chi connectivity index (χ0) is 15.3. The van der Waals surface area contributed by atoms with Crippen LogP contribution >= 0.6 is 11.3 Å². The molecule has 0 saturated heterocycles. The molecule has 0 aliphatic carbocycles. The second kappa shape index (κ2) is 4.35. The number of alkyl halides is 3. The Kier molecular flexibility index (Phi) is 3.29. The van der Waals surface area contributed by atoms with Crippen LogP contribution in [0.1, 0.15) is 26.5 Å². The molecule has 0 bridgehead atoms. The van der Waals surface area contributed by atoms with E-state index >= 15 is 0 Å². The van der Waals surface area contributed by atoms with Crippen LogP contribution in [-0.4, -0.2) is 23.3 Å². The van der Waals surface area contributed by atoms with Crippen molar-refractivity contribution in [3.8, 4) is 5.88 Å². The van der Waals surface area contributed by atoms with Crippen LogP contribution in [0.3, 0.4) is 0 Å². The van der Waals surface area contributed by atoms with Crippen molar-refractivity contribution >= 4 is 26.4 Å². The summed E-state index contributed by atoms with van der Waals surface area (Å²) in [7, 11) is -5.68. The summed E-state index contributed by atoms with van der Waals surface area (Å²) in [6.07, 6.45) is 1.47. The molecule has 20 heavy (non-hydrogen) atoms. The molecule has 0 spiro atoms. The molecule has 0 aliphatic rings. The normalized spacial score (nSPS) is 13.9. The lowest BCUT2D eigenvalue weighted by atomic mass is 9.93. The Morgan fingerprint density at radius 2 is 1.90 bits per heavy atom. The first kappa shape index (κ1) is 15.1. The van der Waals surface area contributed by atoms with Crippen LogP contribution in [0.15, 0.2) is 11.6 Å². The number of nitrogens with zero attached hydrogens (tertiary/aromatic N) is 2. The first-order valence-corrected chi connectivity index (χ1v) is 7.68. The van der Waals surface area contributed by atoms with Gasteiger partial charge in [0.1, 0.15) is 0 Å². The second-order valence-corrected chi connectivity index (χ2v) is 7.46. The summed E-state index contributed by atoms with van der Waals surface area (Å²) in [6.45, 7) is 5.64. The number of fused-ring (bicyclic) bond motifs is 1. The lowest BCUT2D eigenvalue weighted by Gasteiger charge is -2.13. The summed E-state index contributed by atoms with van der Waals surface area (Å²) in [5.41, 5.74) is -5.15. The highest BCUT2D eigenvalue weighted by Crippen LogP contribution is 2.31. The standard InChI is InChI=1S/C10H11F3N2O3S2/c1-9(2,3)6-4-15-7(5-19-8(15)14-6)18-20(16,17)10(11,12)13/h4-5H,1-3H3. The van der Waals surface area contributed by atoms with E-state index in [2.05, 4.69) is 9.17 Å². The molecule has 2 rings (SSSR count). The highest BCUT2D eigenvalue weighted by molar-refractivity contribution is 7.88. The van der Waals surface area contributed by atoms with Crippen molar-refractivity contribution in [3.05, 3.63) is 17.3 Å². The van der Waals surface area contributed by atoms with Gasteiger partial charge in [-0.25, -0.2) is 4.98 Å². The molecule has 0 atom stereocenters. The summed E-state index contributed by atoms with van der Waals surface area (Å²) >= 11 is 0.997. The van der Waals surface area contributed by atoms with Crippen LogP contribution in [0.25, 0.3) is 4.96 Å². The Labute approximate surface area is 117 Å². The minimum Gasteiger partial charge on any atom is -0.356 e. The third-order valence-electron chi connectivity index (χ3n) is 2.42. The van der Waals surface area contributed by atoms with Gasteiger partial charge in [-0.2, -0.15) is 21.6 Å². The third-order valence-corrected chi connectivity index (χ3v) is 4.20. The molecule has 2 aromatic rings. The van der Waals surface area contributed by atoms with Gasteiger partial charge in [0.15, 0.2) is 4.96 Å². The molecule has 112 valence electrons. The molecule has 0 unspecified atom stereocenters. The van der Waals surface area contributed by atoms with Gasteiger partial charge in [-0.05, 0) is 0 Å². The lowest BCUT2D eigenvalue weighted by molar-refractivity contribution is -0.0501. The molecule has 10 heteroatoms. The maximum absolute atomic E-state index is 12.3. The average molecular weight is 328 g/mol. The van der Waals surface area contributed by atoms with Gasteiger partial charge in [-0.3, -0.25) is 4.40 Å². The molecule has 5 nitrogen and oxygen atoms in total. The molecular weight excluding hydrogens is 317 g/mol. The largest absolute Gasteiger partial charge is 0.534 e. The summed E-state index contributed by atoms with van der Waals surface area (Å²) < 4.78 is 64.2. The Morgan fingerprint density at radius 1 is 1.30 bits per heavy atom. The van der Waals surface area contributed by atoms with Crippen LogP contribution in [0.2, 0.25) is 0 Å². The monoisotopic (exact) mass is 328 g/mol. The molecule has 0 fully saturated rings. The van der Waals surface area contributed by atoms with E-state index in [4.69, 9.17) is 0 Å². The van der Waals surface area contributed by atoms with E-state index in [1.54, 1.807) is 0 Å². The van der Waals surface area contributed by atoms with Crippen LogP contribution in [-0.2, 0) is 15.5 Å². The molecule has 0 saturated carbocycles. The van der Waals surface area contributed by atoms with E-state index in [-0.39, 0.29) is 5.41 Å². The molecule has 0 aromatic carbocycles. The Balaban J connectivity index is 2.45. The van der Waals surface area contributed by atoms with Gasteiger partial charge in [0, 0.05) is 11.6 Å². The minimum absolute atomic E-state index is 0.314. The van der Waals surface area contributed by atoms with E-state index in [1.807, 2.05) is 20.8 Å². The van der Waals surface area contributed by atoms with Gasteiger partial charge in [0.25, 0.3) is 0 Å². The van der Waals surface area contributed by atoms with Gasteiger partial charge < -0.3 is 4.18 Å². The Morgan fingerprint density at radius 3 is 2.40 bits per heavy atom. The smallest absolute Gasteiger partial charge is 0.356 e. The van der Waals surface area contributed by atoms with Gasteiger partial charge in [0.2, 0.25) is 5.88 Å². The molecule has 2 heterocycles. The second-order valence-electron chi connectivity index (χ2n) is 5.09. The predicted molar refractivity (Wildman–Crippen MR) is 67.4 cm³/mol. The highest BCUT2D eigenvalue weighted by atomic mass is 32.2. The number of imidazole rings is 1. The topological polar surface area (TPSA) is 60.7 Å². The fraction of sp³-hybridized carbons (Fsp3) is 0.500. The fourth-order valence-electron chi connectivity index (χ4n) is 1.34. The highest BCUT2D eigenvalue weighted by Gasteiger charge is 2.49. The van der Waals surface area contributed by atoms with E-state index in [0.717, 1.165) is 16.7 Å². The van der Waals surface area contributed by atoms with E-state index in [9.17, 15) is 21.6 Å². The summed E-state index contributed by atoms with van der Waals surface area (Å²) in [4.78, 5) is 4.59. The molecule has 0 amide bonds. The first-order chi connectivity index (χ1) is 8.92. The Hall–Kier alpha value is -1.29. The minimum atomic E-state index is -5.68. The number of hydrogen-bond donors (Lipinski definition) is 0. The van der Waals surface area contributed by atoms with E-state index < -0.39 is 21.5 Å². The lowest BCUT2D eigenvalue weighted by Crippen LogP contribution is -2.28. The zero-order valence-corrected chi connectivity index (χ0v) is 12.4. The van der Waals surface area contributed by atoms with E-state index in [1.165, 1.54) is 10.6 Å². The predicted octanol–water partition coefficient (Wildman–Crippen LogP) is 2.92. The quantitative estimate of drug-likeness (QED) is 0.628. The van der Waals surface area contributed by atoms with Crippen molar-refractivity contribution in [1.82, 2.24) is 9.38 Å². The van der Waals surface area contributed by atoms with Crippen LogP contribution in [0.4, 0.5) is 13.2 Å². The van der Waals surface area contributed by atoms with Gasteiger partial charge in [-0.15, -0.1) is 11.3 Å².